The molecule has 0 heterocycles. The van der Waals surface area contributed by atoms with Crippen molar-refractivity contribution in [3.8, 4) is 0 Å². The standard InChI is InChI=1S/C16H15NO3S/c1-11(18)17-14-7-2-3-8-15(14)21-10-12-5-4-6-13(9-12)16(19)20/h2-9H,10H2,1H3,(H,17,18)(H,19,20). The third-order valence-corrected chi connectivity index (χ3v) is 3.91. The molecule has 0 spiro atoms. The molecule has 0 aliphatic rings. The minimum absolute atomic E-state index is 0.115. The maximum absolute atomic E-state index is 11.2. The van der Waals surface area contributed by atoms with Gasteiger partial charge in [0.15, 0.2) is 0 Å². The number of amides is 1. The molecule has 2 N–H and O–H groups in total. The molecule has 5 heteroatoms. The largest absolute Gasteiger partial charge is 0.478 e. The molecule has 0 unspecified atom stereocenters. The van der Waals surface area contributed by atoms with E-state index in [-0.39, 0.29) is 11.5 Å². The van der Waals surface area contributed by atoms with Crippen LogP contribution in [0.2, 0.25) is 0 Å². The van der Waals surface area contributed by atoms with Crippen LogP contribution in [0.4, 0.5) is 5.69 Å². The average molecular weight is 301 g/mol. The number of nitrogens with one attached hydrogen (secondary N) is 1. The topological polar surface area (TPSA) is 66.4 Å². The second kappa shape index (κ2) is 6.95. The molecule has 0 atom stereocenters. The summed E-state index contributed by atoms with van der Waals surface area (Å²) in [5, 5.41) is 11.8. The van der Waals surface area contributed by atoms with Gasteiger partial charge in [0.2, 0.25) is 5.91 Å². The lowest BCUT2D eigenvalue weighted by Gasteiger charge is -2.09. The van der Waals surface area contributed by atoms with E-state index in [1.165, 1.54) is 6.92 Å². The molecule has 21 heavy (non-hydrogen) atoms. The molecule has 2 rings (SSSR count). The number of hydrogen-bond donors (Lipinski definition) is 2. The van der Waals surface area contributed by atoms with Gasteiger partial charge >= 0.3 is 5.97 Å². The quantitative estimate of drug-likeness (QED) is 0.828. The SMILES string of the molecule is CC(=O)Nc1ccccc1SCc1cccc(C(=O)O)c1. The summed E-state index contributed by atoms with van der Waals surface area (Å²) in [6.45, 7) is 1.47. The van der Waals surface area contributed by atoms with Crippen LogP contribution in [0.3, 0.4) is 0 Å². The maximum atomic E-state index is 11.2. The molecule has 1 amide bonds. The van der Waals surface area contributed by atoms with Crippen molar-refractivity contribution in [2.24, 2.45) is 0 Å². The molecule has 0 aromatic heterocycles. The first-order valence-electron chi connectivity index (χ1n) is 6.38. The molecule has 0 aliphatic carbocycles. The highest BCUT2D eigenvalue weighted by molar-refractivity contribution is 7.98. The minimum Gasteiger partial charge on any atom is -0.478 e. The highest BCUT2D eigenvalue weighted by Crippen LogP contribution is 2.29. The summed E-state index contributed by atoms with van der Waals surface area (Å²) >= 11 is 1.55. The Kier molecular flexibility index (Phi) is 5.00. The lowest BCUT2D eigenvalue weighted by atomic mass is 10.1. The van der Waals surface area contributed by atoms with E-state index in [1.54, 1.807) is 30.0 Å². The smallest absolute Gasteiger partial charge is 0.335 e. The molecule has 0 radical (unpaired) electrons. The predicted molar refractivity (Wildman–Crippen MR) is 83.7 cm³/mol. The molecule has 108 valence electrons. The van der Waals surface area contributed by atoms with Gasteiger partial charge in [0.05, 0.1) is 11.3 Å². The Balaban J connectivity index is 2.11. The van der Waals surface area contributed by atoms with Crippen LogP contribution >= 0.6 is 11.8 Å². The Bertz CT molecular complexity index is 670. The first-order chi connectivity index (χ1) is 10.1. The third-order valence-electron chi connectivity index (χ3n) is 2.77. The highest BCUT2D eigenvalue weighted by Gasteiger charge is 2.06. The summed E-state index contributed by atoms with van der Waals surface area (Å²) < 4.78 is 0. The fraction of sp³-hybridized carbons (Fsp3) is 0.125. The predicted octanol–water partition coefficient (Wildman–Crippen LogP) is 3.64. The van der Waals surface area contributed by atoms with E-state index in [2.05, 4.69) is 5.32 Å². The Labute approximate surface area is 127 Å². The van der Waals surface area contributed by atoms with Crippen LogP contribution in [0.1, 0.15) is 22.8 Å². The van der Waals surface area contributed by atoms with Gasteiger partial charge in [-0.2, -0.15) is 0 Å². The molecule has 0 saturated carbocycles. The van der Waals surface area contributed by atoms with Crippen LogP contribution in [0, 0.1) is 0 Å². The molecule has 0 fully saturated rings. The minimum atomic E-state index is -0.930. The lowest BCUT2D eigenvalue weighted by molar-refractivity contribution is -0.114. The van der Waals surface area contributed by atoms with Crippen molar-refractivity contribution < 1.29 is 14.7 Å². The Morgan fingerprint density at radius 1 is 1.14 bits per heavy atom. The number of para-hydroxylation sites is 1. The van der Waals surface area contributed by atoms with Gasteiger partial charge in [0.1, 0.15) is 0 Å². The zero-order chi connectivity index (χ0) is 15.2. The van der Waals surface area contributed by atoms with E-state index in [1.807, 2.05) is 30.3 Å². The van der Waals surface area contributed by atoms with Crippen molar-refractivity contribution in [3.63, 3.8) is 0 Å². The monoisotopic (exact) mass is 301 g/mol. The second-order valence-electron chi connectivity index (χ2n) is 4.47. The number of aromatic carboxylic acids is 1. The van der Waals surface area contributed by atoms with Crippen molar-refractivity contribution in [1.29, 1.82) is 0 Å². The van der Waals surface area contributed by atoms with Crippen molar-refractivity contribution in [2.45, 2.75) is 17.6 Å². The summed E-state index contributed by atoms with van der Waals surface area (Å²) in [6, 6.07) is 14.4. The van der Waals surface area contributed by atoms with E-state index >= 15 is 0 Å². The van der Waals surface area contributed by atoms with Gasteiger partial charge in [-0.15, -0.1) is 11.8 Å². The zero-order valence-corrected chi connectivity index (χ0v) is 12.3. The summed E-state index contributed by atoms with van der Waals surface area (Å²) in [7, 11) is 0. The molecular weight excluding hydrogens is 286 g/mol. The first-order valence-corrected chi connectivity index (χ1v) is 7.36. The summed E-state index contributed by atoms with van der Waals surface area (Å²) in [4.78, 5) is 23.1. The summed E-state index contributed by atoms with van der Waals surface area (Å²) in [6.07, 6.45) is 0. The number of rotatable bonds is 5. The van der Waals surface area contributed by atoms with Crippen LogP contribution in [0.5, 0.6) is 0 Å². The van der Waals surface area contributed by atoms with Gasteiger partial charge in [-0.1, -0.05) is 24.3 Å². The van der Waals surface area contributed by atoms with Crippen LogP contribution < -0.4 is 5.32 Å². The number of anilines is 1. The van der Waals surface area contributed by atoms with Gasteiger partial charge in [-0.25, -0.2) is 4.79 Å². The Hall–Kier alpha value is -2.27. The number of carbonyl (C=O) groups is 2. The molecule has 0 saturated heterocycles. The van der Waals surface area contributed by atoms with E-state index in [4.69, 9.17) is 5.11 Å². The van der Waals surface area contributed by atoms with Gasteiger partial charge in [0.25, 0.3) is 0 Å². The Morgan fingerprint density at radius 3 is 2.62 bits per heavy atom. The van der Waals surface area contributed by atoms with E-state index in [0.717, 1.165) is 16.1 Å². The average Bonchev–Trinajstić information content (AvgIpc) is 2.46. The normalized spacial score (nSPS) is 10.1. The number of carboxylic acids is 1. The lowest BCUT2D eigenvalue weighted by Crippen LogP contribution is -2.06. The number of carbonyl (C=O) groups excluding carboxylic acids is 1. The third kappa shape index (κ3) is 4.36. The molecule has 2 aromatic rings. The van der Waals surface area contributed by atoms with Crippen molar-refractivity contribution >= 4 is 29.3 Å². The van der Waals surface area contributed by atoms with Crippen molar-refractivity contribution in [2.75, 3.05) is 5.32 Å². The molecule has 0 bridgehead atoms. The zero-order valence-electron chi connectivity index (χ0n) is 11.5. The van der Waals surface area contributed by atoms with Crippen LogP contribution in [-0.2, 0) is 10.5 Å². The Morgan fingerprint density at radius 2 is 1.90 bits per heavy atom. The van der Waals surface area contributed by atoms with Crippen molar-refractivity contribution in [1.82, 2.24) is 0 Å². The number of benzene rings is 2. The van der Waals surface area contributed by atoms with Gasteiger partial charge in [-0.05, 0) is 29.8 Å². The fourth-order valence-electron chi connectivity index (χ4n) is 1.84. The maximum Gasteiger partial charge on any atom is 0.335 e. The summed E-state index contributed by atoms with van der Waals surface area (Å²) in [5.74, 6) is -0.408. The van der Waals surface area contributed by atoms with Gasteiger partial charge < -0.3 is 10.4 Å². The molecule has 2 aromatic carbocycles. The highest BCUT2D eigenvalue weighted by atomic mass is 32.2. The number of hydrogen-bond acceptors (Lipinski definition) is 3. The number of carboxylic acid groups (broad SMARTS) is 1. The van der Waals surface area contributed by atoms with Gasteiger partial charge in [0, 0.05) is 17.6 Å². The van der Waals surface area contributed by atoms with Crippen LogP contribution in [-0.4, -0.2) is 17.0 Å². The van der Waals surface area contributed by atoms with Crippen molar-refractivity contribution in [3.05, 3.63) is 59.7 Å². The molecule has 0 aliphatic heterocycles. The van der Waals surface area contributed by atoms with Crippen LogP contribution in [0.25, 0.3) is 0 Å². The number of thioether (sulfide) groups is 1. The van der Waals surface area contributed by atoms with E-state index in [0.29, 0.717) is 5.75 Å². The molecular formula is C16H15NO3S. The van der Waals surface area contributed by atoms with E-state index < -0.39 is 5.97 Å². The van der Waals surface area contributed by atoms with Crippen LogP contribution in [0.15, 0.2) is 53.4 Å². The van der Waals surface area contributed by atoms with Gasteiger partial charge in [-0.3, -0.25) is 4.79 Å². The first kappa shape index (κ1) is 15.1. The summed E-state index contributed by atoms with van der Waals surface area (Å²) in [5.41, 5.74) is 1.98. The van der Waals surface area contributed by atoms with E-state index in [9.17, 15) is 9.59 Å². The fourth-order valence-corrected chi connectivity index (χ4v) is 2.79. The molecule has 4 nitrogen and oxygen atoms in total. The second-order valence-corrected chi connectivity index (χ2v) is 5.49.